The molecule has 1 aromatic heterocycles. The molecule has 2 heterocycles. The third-order valence-corrected chi connectivity index (χ3v) is 6.12. The average molecular weight is 502 g/mol. The molecule has 7 nitrogen and oxygen atoms in total. The maximum absolute atomic E-state index is 13.1. The summed E-state index contributed by atoms with van der Waals surface area (Å²) < 4.78 is 16.1. The van der Waals surface area contributed by atoms with Crippen LogP contribution in [0.5, 0.6) is 11.5 Å². The standard InChI is InChI=1S/C25H21Cl2NO6/c1-32-16-7-5-14(6-8-16)9-10-28-21(19-4-3-11-34-19)20(23(30)25(28)31)22(29)17-12-15(26)13-18(27)24(17)33-2/h3-8,11-13,21,29H,9-10H2,1-2H3/b22-20-. The summed E-state index contributed by atoms with van der Waals surface area (Å²) in [7, 11) is 2.96. The lowest BCUT2D eigenvalue weighted by Crippen LogP contribution is -2.31. The number of furan rings is 1. The number of halogens is 2. The molecule has 1 N–H and O–H groups in total. The number of Topliss-reactive ketones (excluding diaryl/α,β-unsaturated/α-hetero) is 1. The van der Waals surface area contributed by atoms with Gasteiger partial charge in [-0.15, -0.1) is 0 Å². The third-order valence-electron chi connectivity index (χ3n) is 5.62. The lowest BCUT2D eigenvalue weighted by molar-refractivity contribution is -0.140. The van der Waals surface area contributed by atoms with Gasteiger partial charge >= 0.3 is 0 Å². The van der Waals surface area contributed by atoms with Crippen molar-refractivity contribution in [2.45, 2.75) is 12.5 Å². The fourth-order valence-electron chi connectivity index (χ4n) is 3.98. The molecule has 0 saturated carbocycles. The van der Waals surface area contributed by atoms with Crippen LogP contribution < -0.4 is 9.47 Å². The van der Waals surface area contributed by atoms with E-state index in [4.69, 9.17) is 37.1 Å². The summed E-state index contributed by atoms with van der Waals surface area (Å²) in [5.41, 5.74) is 0.917. The molecular formula is C25H21Cl2NO6. The fraction of sp³-hybridized carbons (Fsp3) is 0.200. The summed E-state index contributed by atoms with van der Waals surface area (Å²) in [5.74, 6) is -0.856. The molecule has 4 rings (SSSR count). The third kappa shape index (κ3) is 4.36. The maximum Gasteiger partial charge on any atom is 0.295 e. The SMILES string of the molecule is COc1ccc(CCN2C(=O)C(=O)/C(=C(\O)c3cc(Cl)cc(Cl)c3OC)C2c2ccco2)cc1. The van der Waals surface area contributed by atoms with E-state index in [-0.39, 0.29) is 33.5 Å². The second-order valence-corrected chi connectivity index (χ2v) is 8.42. The van der Waals surface area contributed by atoms with Gasteiger partial charge < -0.3 is 23.9 Å². The van der Waals surface area contributed by atoms with Gasteiger partial charge in [0.2, 0.25) is 0 Å². The van der Waals surface area contributed by atoms with Gasteiger partial charge in [0.05, 0.1) is 36.6 Å². The summed E-state index contributed by atoms with van der Waals surface area (Å²) >= 11 is 12.4. The lowest BCUT2D eigenvalue weighted by atomic mass is 9.98. The number of rotatable bonds is 7. The van der Waals surface area contributed by atoms with Gasteiger partial charge in [-0.2, -0.15) is 0 Å². The molecule has 0 aliphatic carbocycles. The van der Waals surface area contributed by atoms with Crippen LogP contribution >= 0.6 is 23.2 Å². The Kier molecular flexibility index (Phi) is 6.86. The quantitative estimate of drug-likeness (QED) is 0.269. The molecule has 1 saturated heterocycles. The number of ether oxygens (including phenoxy) is 2. The molecule has 1 aliphatic heterocycles. The van der Waals surface area contributed by atoms with Gasteiger partial charge in [-0.25, -0.2) is 0 Å². The number of methoxy groups -OCH3 is 2. The van der Waals surface area contributed by atoms with Crippen molar-refractivity contribution in [2.24, 2.45) is 0 Å². The summed E-state index contributed by atoms with van der Waals surface area (Å²) in [5, 5.41) is 11.6. The molecule has 1 unspecified atom stereocenters. The van der Waals surface area contributed by atoms with Crippen molar-refractivity contribution in [3.05, 3.63) is 87.3 Å². The Labute approximate surface area is 206 Å². The average Bonchev–Trinajstić information content (AvgIpc) is 3.44. The Balaban J connectivity index is 1.77. The largest absolute Gasteiger partial charge is 0.507 e. The number of hydrogen-bond donors (Lipinski definition) is 1. The second-order valence-electron chi connectivity index (χ2n) is 7.57. The van der Waals surface area contributed by atoms with Gasteiger partial charge in [-0.1, -0.05) is 35.3 Å². The van der Waals surface area contributed by atoms with Crippen molar-refractivity contribution in [3.8, 4) is 11.5 Å². The molecule has 0 bridgehead atoms. The summed E-state index contributed by atoms with van der Waals surface area (Å²) in [4.78, 5) is 27.6. The number of aliphatic hydroxyl groups is 1. The first-order chi connectivity index (χ1) is 16.3. The van der Waals surface area contributed by atoms with E-state index >= 15 is 0 Å². The molecule has 1 fully saturated rings. The Morgan fingerprint density at radius 3 is 2.44 bits per heavy atom. The van der Waals surface area contributed by atoms with E-state index in [1.807, 2.05) is 24.3 Å². The molecule has 9 heteroatoms. The number of likely N-dealkylation sites (tertiary alicyclic amines) is 1. The van der Waals surface area contributed by atoms with Crippen LogP contribution in [0, 0.1) is 0 Å². The topological polar surface area (TPSA) is 89.2 Å². The number of carbonyl (C=O) groups is 2. The van der Waals surface area contributed by atoms with Crippen LogP contribution in [0.2, 0.25) is 10.0 Å². The van der Waals surface area contributed by atoms with Crippen molar-refractivity contribution >= 4 is 40.7 Å². The van der Waals surface area contributed by atoms with Crippen molar-refractivity contribution in [1.29, 1.82) is 0 Å². The smallest absolute Gasteiger partial charge is 0.295 e. The van der Waals surface area contributed by atoms with Gasteiger partial charge in [-0.3, -0.25) is 9.59 Å². The first-order valence-electron chi connectivity index (χ1n) is 10.3. The van der Waals surface area contributed by atoms with Crippen molar-refractivity contribution in [2.75, 3.05) is 20.8 Å². The van der Waals surface area contributed by atoms with E-state index in [1.165, 1.54) is 30.4 Å². The molecule has 1 aliphatic rings. The van der Waals surface area contributed by atoms with Crippen LogP contribution in [0.1, 0.15) is 22.9 Å². The van der Waals surface area contributed by atoms with Gasteiger partial charge in [0.1, 0.15) is 29.1 Å². The Hall–Kier alpha value is -3.42. The van der Waals surface area contributed by atoms with Crippen molar-refractivity contribution in [3.63, 3.8) is 0 Å². The molecule has 176 valence electrons. The highest BCUT2D eigenvalue weighted by Gasteiger charge is 2.47. The van der Waals surface area contributed by atoms with Crippen LogP contribution in [0.4, 0.5) is 0 Å². The molecule has 1 amide bonds. The van der Waals surface area contributed by atoms with Crippen LogP contribution in [0.15, 0.2) is 64.8 Å². The number of amides is 1. The minimum Gasteiger partial charge on any atom is -0.507 e. The van der Waals surface area contributed by atoms with Gasteiger partial charge in [0, 0.05) is 11.6 Å². The summed E-state index contributed by atoms with van der Waals surface area (Å²) in [6.07, 6.45) is 1.91. The predicted molar refractivity (Wildman–Crippen MR) is 127 cm³/mol. The highest BCUT2D eigenvalue weighted by atomic mass is 35.5. The second kappa shape index (κ2) is 9.83. The summed E-state index contributed by atoms with van der Waals surface area (Å²) in [6.45, 7) is 0.215. The van der Waals surface area contributed by atoms with E-state index in [0.717, 1.165) is 5.56 Å². The number of benzene rings is 2. The van der Waals surface area contributed by atoms with Crippen LogP contribution in [0.25, 0.3) is 5.76 Å². The monoisotopic (exact) mass is 501 g/mol. The Bertz CT molecular complexity index is 1250. The van der Waals surface area contributed by atoms with E-state index < -0.39 is 23.5 Å². The molecule has 2 aromatic carbocycles. The van der Waals surface area contributed by atoms with Crippen molar-refractivity contribution in [1.82, 2.24) is 4.90 Å². The number of hydrogen-bond acceptors (Lipinski definition) is 6. The zero-order valence-corrected chi connectivity index (χ0v) is 19.9. The molecule has 0 spiro atoms. The molecule has 0 radical (unpaired) electrons. The zero-order chi connectivity index (χ0) is 24.4. The molecule has 34 heavy (non-hydrogen) atoms. The van der Waals surface area contributed by atoms with E-state index in [1.54, 1.807) is 19.2 Å². The molecule has 3 aromatic rings. The Morgan fingerprint density at radius 2 is 1.82 bits per heavy atom. The van der Waals surface area contributed by atoms with Crippen LogP contribution in [-0.2, 0) is 16.0 Å². The number of ketones is 1. The minimum atomic E-state index is -0.935. The lowest BCUT2D eigenvalue weighted by Gasteiger charge is -2.23. The minimum absolute atomic E-state index is 0.102. The predicted octanol–water partition coefficient (Wildman–Crippen LogP) is 5.27. The maximum atomic E-state index is 13.1. The van der Waals surface area contributed by atoms with Crippen LogP contribution in [-0.4, -0.2) is 42.5 Å². The summed E-state index contributed by atoms with van der Waals surface area (Å²) in [6, 6.07) is 12.7. The van der Waals surface area contributed by atoms with E-state index in [0.29, 0.717) is 17.9 Å². The van der Waals surface area contributed by atoms with Crippen molar-refractivity contribution < 1.29 is 28.6 Å². The first kappa shape index (κ1) is 23.7. The van der Waals surface area contributed by atoms with Crippen LogP contribution in [0.3, 0.4) is 0 Å². The number of carbonyl (C=O) groups excluding carboxylic acids is 2. The van der Waals surface area contributed by atoms with Gasteiger partial charge in [-0.05, 0) is 48.4 Å². The van der Waals surface area contributed by atoms with E-state index in [2.05, 4.69) is 0 Å². The van der Waals surface area contributed by atoms with Gasteiger partial charge in [0.15, 0.2) is 0 Å². The molecular weight excluding hydrogens is 481 g/mol. The molecule has 1 atom stereocenters. The highest BCUT2D eigenvalue weighted by molar-refractivity contribution is 6.46. The fourth-order valence-corrected chi connectivity index (χ4v) is 4.55. The number of nitrogens with zero attached hydrogens (tertiary/aromatic N) is 1. The van der Waals surface area contributed by atoms with E-state index in [9.17, 15) is 14.7 Å². The highest BCUT2D eigenvalue weighted by Crippen LogP contribution is 2.43. The number of aliphatic hydroxyl groups excluding tert-OH is 1. The Morgan fingerprint density at radius 1 is 1.09 bits per heavy atom. The zero-order valence-electron chi connectivity index (χ0n) is 18.4. The normalized spacial score (nSPS) is 17.3. The first-order valence-corrected chi connectivity index (χ1v) is 11.1. The van der Waals surface area contributed by atoms with Gasteiger partial charge in [0.25, 0.3) is 11.7 Å².